The van der Waals surface area contributed by atoms with Crippen molar-refractivity contribution in [3.05, 3.63) is 52.1 Å². The predicted molar refractivity (Wildman–Crippen MR) is 141 cm³/mol. The van der Waals surface area contributed by atoms with Crippen LogP contribution in [0.5, 0.6) is 0 Å². The Morgan fingerprint density at radius 3 is 2.26 bits per heavy atom. The third kappa shape index (κ3) is 9.56. The molecule has 0 spiro atoms. The van der Waals surface area contributed by atoms with Crippen LogP contribution in [0, 0.1) is 0 Å². The first-order valence-electron chi connectivity index (χ1n) is 11.1. The third-order valence-electron chi connectivity index (χ3n) is 4.87. The molecule has 2 unspecified atom stereocenters. The first-order chi connectivity index (χ1) is 18.4. The minimum Gasteiger partial charge on any atom is -0.481 e. The molecule has 0 aliphatic carbocycles. The van der Waals surface area contributed by atoms with Crippen LogP contribution in [0.25, 0.3) is 11.2 Å². The molecule has 1 amide bonds. The molecular weight excluding hydrogens is 536 g/mol. The van der Waals surface area contributed by atoms with Gasteiger partial charge in [-0.2, -0.15) is 17.6 Å². The maximum absolute atomic E-state index is 12.3. The molecule has 0 bridgehead atoms. The number of carboxylic acids is 3. The van der Waals surface area contributed by atoms with Gasteiger partial charge in [0.15, 0.2) is 11.2 Å². The highest BCUT2D eigenvalue weighted by Crippen LogP contribution is 2.12. The molecule has 0 fully saturated rings. The van der Waals surface area contributed by atoms with Crippen LogP contribution in [0.15, 0.2) is 35.3 Å². The van der Waals surface area contributed by atoms with E-state index < -0.39 is 41.5 Å². The highest BCUT2D eigenvalue weighted by molar-refractivity contribution is 7.80. The zero-order valence-electron chi connectivity index (χ0n) is 20.2. The topological polar surface area (TPSA) is 277 Å². The summed E-state index contributed by atoms with van der Waals surface area (Å²) in [4.78, 5) is 70.3. The Hall–Kier alpha value is -4.77. The number of carboxylic acid groups (broad SMARTS) is 3. The SMILES string of the molecule is NC(CS)C(=O)O.Nc1nc2ncc(CNc3ccc(C(=O)NC(CCC(=O)O)C(=O)O)cc3)nc2c(=O)[nH]1. The molecule has 3 aromatic rings. The number of nitrogens with one attached hydrogen (secondary N) is 3. The number of H-pyrrole nitrogens is 1. The van der Waals surface area contributed by atoms with E-state index in [0.29, 0.717) is 11.4 Å². The molecular formula is C22H26N8O8S. The fourth-order valence-electron chi connectivity index (χ4n) is 2.83. The molecule has 0 aliphatic rings. The average Bonchev–Trinajstić information content (AvgIpc) is 2.89. The summed E-state index contributed by atoms with van der Waals surface area (Å²) in [7, 11) is 0. The fraction of sp³-hybridized carbons (Fsp3) is 0.273. The number of carbonyl (C=O) groups excluding carboxylic acids is 1. The molecule has 17 heteroatoms. The van der Waals surface area contributed by atoms with Gasteiger partial charge in [-0.15, -0.1) is 0 Å². The Bertz CT molecular complexity index is 1400. The Morgan fingerprint density at radius 2 is 1.72 bits per heavy atom. The van der Waals surface area contributed by atoms with Crippen molar-refractivity contribution in [1.29, 1.82) is 0 Å². The van der Waals surface area contributed by atoms with Crippen LogP contribution in [0.3, 0.4) is 0 Å². The van der Waals surface area contributed by atoms with Crippen LogP contribution >= 0.6 is 12.6 Å². The summed E-state index contributed by atoms with van der Waals surface area (Å²) in [5.41, 5.74) is 11.4. The van der Waals surface area contributed by atoms with E-state index in [1.165, 1.54) is 18.3 Å². The number of fused-ring (bicyclic) bond motifs is 1. The van der Waals surface area contributed by atoms with Crippen molar-refractivity contribution in [2.75, 3.05) is 16.8 Å². The fourth-order valence-corrected chi connectivity index (χ4v) is 2.99. The summed E-state index contributed by atoms with van der Waals surface area (Å²) in [5.74, 6) is -3.97. The molecule has 208 valence electrons. The van der Waals surface area contributed by atoms with E-state index in [0.717, 1.165) is 0 Å². The first kappa shape index (κ1) is 30.5. The monoisotopic (exact) mass is 562 g/mol. The molecule has 0 radical (unpaired) electrons. The van der Waals surface area contributed by atoms with Gasteiger partial charge in [-0.1, -0.05) is 0 Å². The van der Waals surface area contributed by atoms with Crippen molar-refractivity contribution >= 4 is 59.2 Å². The molecule has 16 nitrogen and oxygen atoms in total. The van der Waals surface area contributed by atoms with Crippen molar-refractivity contribution in [2.24, 2.45) is 5.73 Å². The number of hydrogen-bond donors (Lipinski definition) is 9. The molecule has 10 N–H and O–H groups in total. The van der Waals surface area contributed by atoms with E-state index in [-0.39, 0.29) is 47.8 Å². The highest BCUT2D eigenvalue weighted by atomic mass is 32.1. The Labute approximate surface area is 225 Å². The second-order valence-electron chi connectivity index (χ2n) is 7.84. The zero-order valence-corrected chi connectivity index (χ0v) is 21.1. The maximum Gasteiger partial charge on any atom is 0.326 e. The minimum atomic E-state index is -1.31. The molecule has 2 heterocycles. The summed E-state index contributed by atoms with van der Waals surface area (Å²) < 4.78 is 0. The Kier molecular flexibility index (Phi) is 11.1. The van der Waals surface area contributed by atoms with Crippen molar-refractivity contribution < 1.29 is 34.5 Å². The van der Waals surface area contributed by atoms with E-state index in [1.807, 2.05) is 0 Å². The molecule has 1 aromatic carbocycles. The lowest BCUT2D eigenvalue weighted by Gasteiger charge is -2.14. The van der Waals surface area contributed by atoms with Gasteiger partial charge in [0.25, 0.3) is 11.5 Å². The van der Waals surface area contributed by atoms with Crippen molar-refractivity contribution in [3.63, 3.8) is 0 Å². The van der Waals surface area contributed by atoms with E-state index in [4.69, 9.17) is 26.8 Å². The number of aromatic amines is 1. The van der Waals surface area contributed by atoms with Crippen LogP contribution in [-0.4, -0.2) is 76.9 Å². The van der Waals surface area contributed by atoms with Crippen molar-refractivity contribution in [3.8, 4) is 0 Å². The number of carbonyl (C=O) groups is 4. The van der Waals surface area contributed by atoms with Gasteiger partial charge in [-0.3, -0.25) is 24.2 Å². The van der Waals surface area contributed by atoms with Gasteiger partial charge in [0.05, 0.1) is 18.4 Å². The van der Waals surface area contributed by atoms with Gasteiger partial charge < -0.3 is 37.4 Å². The molecule has 0 saturated carbocycles. The van der Waals surface area contributed by atoms with Gasteiger partial charge in [0, 0.05) is 23.4 Å². The highest BCUT2D eigenvalue weighted by Gasteiger charge is 2.21. The predicted octanol–water partition coefficient (Wildman–Crippen LogP) is -0.717. The third-order valence-corrected chi connectivity index (χ3v) is 5.26. The molecule has 0 saturated heterocycles. The number of amides is 1. The van der Waals surface area contributed by atoms with Crippen LogP contribution < -0.4 is 27.7 Å². The number of rotatable bonds is 11. The first-order valence-corrected chi connectivity index (χ1v) is 11.7. The number of benzene rings is 1. The number of thiol groups is 1. The zero-order chi connectivity index (χ0) is 29.1. The van der Waals surface area contributed by atoms with Crippen LogP contribution in [0.2, 0.25) is 0 Å². The van der Waals surface area contributed by atoms with E-state index in [2.05, 4.69) is 43.2 Å². The summed E-state index contributed by atoms with van der Waals surface area (Å²) in [6, 6.07) is 4.05. The Balaban J connectivity index is 0.000000673. The number of nitrogens with zero attached hydrogens (tertiary/aromatic N) is 3. The number of nitrogens with two attached hydrogens (primary N) is 2. The lowest BCUT2D eigenvalue weighted by molar-refractivity contribution is -0.141. The second-order valence-corrected chi connectivity index (χ2v) is 8.20. The van der Waals surface area contributed by atoms with E-state index in [9.17, 15) is 24.0 Å². The lowest BCUT2D eigenvalue weighted by atomic mass is 10.1. The smallest absolute Gasteiger partial charge is 0.326 e. The quantitative estimate of drug-likeness (QED) is 0.130. The summed E-state index contributed by atoms with van der Waals surface area (Å²) >= 11 is 3.65. The number of aromatic nitrogens is 4. The van der Waals surface area contributed by atoms with Crippen molar-refractivity contribution in [2.45, 2.75) is 31.5 Å². The van der Waals surface area contributed by atoms with E-state index >= 15 is 0 Å². The largest absolute Gasteiger partial charge is 0.481 e. The van der Waals surface area contributed by atoms with E-state index in [1.54, 1.807) is 12.1 Å². The summed E-state index contributed by atoms with van der Waals surface area (Å²) in [6.45, 7) is 0.231. The molecule has 3 rings (SSSR count). The van der Waals surface area contributed by atoms with Crippen LogP contribution in [0.1, 0.15) is 28.9 Å². The maximum atomic E-state index is 12.3. The van der Waals surface area contributed by atoms with Gasteiger partial charge in [0.2, 0.25) is 5.95 Å². The summed E-state index contributed by atoms with van der Waals surface area (Å²) in [5, 5.41) is 31.2. The van der Waals surface area contributed by atoms with Crippen molar-refractivity contribution in [1.82, 2.24) is 25.3 Å². The van der Waals surface area contributed by atoms with Gasteiger partial charge >= 0.3 is 17.9 Å². The molecule has 2 aromatic heterocycles. The molecule has 39 heavy (non-hydrogen) atoms. The molecule has 0 aliphatic heterocycles. The Morgan fingerprint density at radius 1 is 1.05 bits per heavy atom. The second kappa shape index (κ2) is 14.2. The van der Waals surface area contributed by atoms with Gasteiger partial charge in [0.1, 0.15) is 12.1 Å². The lowest BCUT2D eigenvalue weighted by Crippen LogP contribution is -2.41. The number of anilines is 2. The van der Waals surface area contributed by atoms with Crippen LogP contribution in [-0.2, 0) is 20.9 Å². The number of hydrogen-bond acceptors (Lipinski definition) is 12. The number of nitrogen functional groups attached to an aromatic ring is 1. The van der Waals surface area contributed by atoms with Gasteiger partial charge in [-0.05, 0) is 30.7 Å². The minimum absolute atomic E-state index is 0.0524. The normalized spacial score (nSPS) is 11.9. The van der Waals surface area contributed by atoms with Gasteiger partial charge in [-0.25, -0.2) is 14.8 Å². The standard InChI is InChI=1S/C19H19N7O6.C3H7NO2S/c20-19-25-15-14(17(30)26-19)23-11(8-22-15)7-21-10-3-1-9(2-4-10)16(29)24-12(18(31)32)5-6-13(27)28;4-2(1-7)3(5)6/h1-4,8,12,21H,5-7H2,(H,24,29)(H,27,28)(H,31,32)(H3,20,22,25,26,30);2,7H,1,4H2,(H,5,6). The number of aliphatic carboxylic acids is 3. The molecule has 2 atom stereocenters. The summed E-state index contributed by atoms with van der Waals surface area (Å²) in [6.07, 6.45) is 0.840. The average molecular weight is 563 g/mol. The van der Waals surface area contributed by atoms with Crippen LogP contribution in [0.4, 0.5) is 11.6 Å².